The lowest BCUT2D eigenvalue weighted by atomic mass is 9.99. The normalized spacial score (nSPS) is 15.9. The SMILES string of the molecule is CCS(=O)(=O)CCn1ccc(NC(=O)C2=C(Cl)CCCC2)n1. The number of aromatic nitrogens is 2. The summed E-state index contributed by atoms with van der Waals surface area (Å²) in [7, 11) is -3.03. The molecule has 0 aliphatic heterocycles. The van der Waals surface area contributed by atoms with Crippen molar-refractivity contribution in [1.82, 2.24) is 9.78 Å². The minimum Gasteiger partial charge on any atom is -0.305 e. The number of sulfone groups is 1. The third-order valence-electron chi connectivity index (χ3n) is 3.63. The van der Waals surface area contributed by atoms with Gasteiger partial charge in [-0.25, -0.2) is 8.42 Å². The first-order chi connectivity index (χ1) is 10.4. The van der Waals surface area contributed by atoms with E-state index in [0.29, 0.717) is 22.8 Å². The summed E-state index contributed by atoms with van der Waals surface area (Å²) < 4.78 is 24.4. The average molecular weight is 346 g/mol. The molecule has 0 radical (unpaired) electrons. The second-order valence-corrected chi connectivity index (χ2v) is 8.17. The number of halogens is 1. The van der Waals surface area contributed by atoms with Gasteiger partial charge in [0.05, 0.1) is 12.3 Å². The fraction of sp³-hybridized carbons (Fsp3) is 0.571. The van der Waals surface area contributed by atoms with E-state index in [9.17, 15) is 13.2 Å². The molecule has 0 saturated heterocycles. The lowest BCUT2D eigenvalue weighted by Gasteiger charge is -2.14. The number of amides is 1. The molecule has 1 amide bonds. The zero-order chi connectivity index (χ0) is 16.2. The molecule has 0 fully saturated rings. The highest BCUT2D eigenvalue weighted by atomic mass is 35.5. The van der Waals surface area contributed by atoms with Crippen molar-refractivity contribution < 1.29 is 13.2 Å². The van der Waals surface area contributed by atoms with E-state index in [2.05, 4.69) is 10.4 Å². The molecule has 8 heteroatoms. The molecule has 1 aliphatic carbocycles. The van der Waals surface area contributed by atoms with E-state index in [1.54, 1.807) is 19.2 Å². The molecule has 22 heavy (non-hydrogen) atoms. The van der Waals surface area contributed by atoms with E-state index in [-0.39, 0.29) is 24.0 Å². The van der Waals surface area contributed by atoms with Gasteiger partial charge in [-0.3, -0.25) is 9.48 Å². The summed E-state index contributed by atoms with van der Waals surface area (Å²) in [6.45, 7) is 1.89. The number of anilines is 1. The summed E-state index contributed by atoms with van der Waals surface area (Å²) in [6.07, 6.45) is 5.05. The van der Waals surface area contributed by atoms with Gasteiger partial charge in [0.25, 0.3) is 5.91 Å². The highest BCUT2D eigenvalue weighted by Gasteiger charge is 2.18. The van der Waals surface area contributed by atoms with Crippen LogP contribution in [0.1, 0.15) is 32.6 Å². The quantitative estimate of drug-likeness (QED) is 0.857. The molecule has 1 aromatic rings. The Bertz CT molecular complexity index is 679. The number of allylic oxidation sites excluding steroid dienone is 1. The van der Waals surface area contributed by atoms with Gasteiger partial charge >= 0.3 is 0 Å². The molecular weight excluding hydrogens is 326 g/mol. The first kappa shape index (κ1) is 17.0. The molecule has 1 N–H and O–H groups in total. The molecule has 0 bridgehead atoms. The Morgan fingerprint density at radius 3 is 2.82 bits per heavy atom. The van der Waals surface area contributed by atoms with Crippen LogP contribution >= 0.6 is 11.6 Å². The number of carbonyl (C=O) groups is 1. The smallest absolute Gasteiger partial charge is 0.253 e. The van der Waals surface area contributed by atoms with Gasteiger partial charge in [-0.05, 0) is 25.7 Å². The predicted molar refractivity (Wildman–Crippen MR) is 86.5 cm³/mol. The Morgan fingerprint density at radius 2 is 2.14 bits per heavy atom. The van der Waals surface area contributed by atoms with Crippen LogP contribution in [0.3, 0.4) is 0 Å². The van der Waals surface area contributed by atoms with Crippen molar-refractivity contribution in [3.05, 3.63) is 22.9 Å². The zero-order valence-electron chi connectivity index (χ0n) is 12.5. The van der Waals surface area contributed by atoms with Gasteiger partial charge in [0.2, 0.25) is 0 Å². The highest BCUT2D eigenvalue weighted by molar-refractivity contribution is 7.91. The van der Waals surface area contributed by atoms with Gasteiger partial charge < -0.3 is 5.32 Å². The number of rotatable bonds is 6. The molecule has 0 saturated carbocycles. The average Bonchev–Trinajstić information content (AvgIpc) is 2.93. The van der Waals surface area contributed by atoms with Gasteiger partial charge in [0, 0.05) is 28.6 Å². The van der Waals surface area contributed by atoms with Crippen LogP contribution in [0.2, 0.25) is 0 Å². The standard InChI is InChI=1S/C14H20ClN3O3S/c1-2-22(20,21)10-9-18-8-7-13(17-18)16-14(19)11-5-3-4-6-12(11)15/h7-8H,2-6,9-10H2,1H3,(H,16,17,19). The van der Waals surface area contributed by atoms with Crippen molar-refractivity contribution >= 4 is 33.2 Å². The summed E-state index contributed by atoms with van der Waals surface area (Å²) in [5.74, 6) is 0.331. The van der Waals surface area contributed by atoms with Crippen molar-refractivity contribution in [3.8, 4) is 0 Å². The van der Waals surface area contributed by atoms with Crippen LogP contribution in [0.4, 0.5) is 5.82 Å². The summed E-state index contributed by atoms with van der Waals surface area (Å²) in [6, 6.07) is 1.65. The summed E-state index contributed by atoms with van der Waals surface area (Å²) in [4.78, 5) is 12.2. The minimum absolute atomic E-state index is 0.0372. The second-order valence-electron chi connectivity index (χ2n) is 5.25. The van der Waals surface area contributed by atoms with Gasteiger partial charge in [-0.2, -0.15) is 5.10 Å². The van der Waals surface area contributed by atoms with Crippen LogP contribution < -0.4 is 5.32 Å². The Balaban J connectivity index is 1.96. The second kappa shape index (κ2) is 7.28. The maximum atomic E-state index is 12.2. The van der Waals surface area contributed by atoms with Crippen LogP contribution in [-0.2, 0) is 21.2 Å². The highest BCUT2D eigenvalue weighted by Crippen LogP contribution is 2.28. The van der Waals surface area contributed by atoms with Gasteiger partial charge in [-0.15, -0.1) is 0 Å². The van der Waals surface area contributed by atoms with E-state index >= 15 is 0 Å². The number of hydrogen-bond donors (Lipinski definition) is 1. The van der Waals surface area contributed by atoms with Crippen LogP contribution in [0, 0.1) is 0 Å². The first-order valence-corrected chi connectivity index (χ1v) is 9.54. The molecular formula is C14H20ClN3O3S. The largest absolute Gasteiger partial charge is 0.305 e. The van der Waals surface area contributed by atoms with Gasteiger partial charge in [0.15, 0.2) is 15.7 Å². The van der Waals surface area contributed by atoms with Gasteiger partial charge in [0.1, 0.15) is 0 Å². The van der Waals surface area contributed by atoms with Crippen molar-refractivity contribution in [1.29, 1.82) is 0 Å². The Kier molecular flexibility index (Phi) is 5.63. The van der Waals surface area contributed by atoms with Crippen LogP contribution in [0.25, 0.3) is 0 Å². The maximum Gasteiger partial charge on any atom is 0.253 e. The molecule has 1 aliphatic rings. The predicted octanol–water partition coefficient (Wildman–Crippen LogP) is 2.32. The molecule has 0 spiro atoms. The number of hydrogen-bond acceptors (Lipinski definition) is 4. The molecule has 0 unspecified atom stereocenters. The minimum atomic E-state index is -3.03. The summed E-state index contributed by atoms with van der Waals surface area (Å²) >= 11 is 6.09. The van der Waals surface area contributed by atoms with E-state index in [0.717, 1.165) is 19.3 Å². The molecule has 122 valence electrons. The lowest BCUT2D eigenvalue weighted by Crippen LogP contribution is -2.18. The molecule has 0 atom stereocenters. The molecule has 0 aromatic carbocycles. The van der Waals surface area contributed by atoms with E-state index in [1.807, 2.05) is 0 Å². The number of aryl methyl sites for hydroxylation is 1. The van der Waals surface area contributed by atoms with Crippen molar-refractivity contribution in [2.75, 3.05) is 16.8 Å². The summed E-state index contributed by atoms with van der Waals surface area (Å²) in [5.41, 5.74) is 0.621. The third kappa shape index (κ3) is 4.58. The Morgan fingerprint density at radius 1 is 1.41 bits per heavy atom. The molecule has 1 heterocycles. The van der Waals surface area contributed by atoms with Crippen LogP contribution in [0.15, 0.2) is 22.9 Å². The van der Waals surface area contributed by atoms with Crippen LogP contribution in [-0.4, -0.2) is 35.6 Å². The van der Waals surface area contributed by atoms with E-state index < -0.39 is 9.84 Å². The number of nitrogens with one attached hydrogen (secondary N) is 1. The van der Waals surface area contributed by atoms with E-state index in [4.69, 9.17) is 11.6 Å². The van der Waals surface area contributed by atoms with Gasteiger partial charge in [-0.1, -0.05) is 18.5 Å². The summed E-state index contributed by atoms with van der Waals surface area (Å²) in [5, 5.41) is 7.50. The zero-order valence-corrected chi connectivity index (χ0v) is 14.1. The molecule has 1 aromatic heterocycles. The van der Waals surface area contributed by atoms with Crippen molar-refractivity contribution in [2.24, 2.45) is 0 Å². The monoisotopic (exact) mass is 345 g/mol. The van der Waals surface area contributed by atoms with E-state index in [1.165, 1.54) is 4.68 Å². The number of nitrogens with zero attached hydrogens (tertiary/aromatic N) is 2. The topological polar surface area (TPSA) is 81.1 Å². The first-order valence-electron chi connectivity index (χ1n) is 7.34. The Hall–Kier alpha value is -1.34. The Labute approximate surface area is 135 Å². The fourth-order valence-corrected chi connectivity index (χ4v) is 3.29. The fourth-order valence-electron chi connectivity index (χ4n) is 2.23. The van der Waals surface area contributed by atoms with Crippen molar-refractivity contribution in [3.63, 3.8) is 0 Å². The molecule has 2 rings (SSSR count). The lowest BCUT2D eigenvalue weighted by molar-refractivity contribution is -0.113. The maximum absolute atomic E-state index is 12.2. The number of carbonyl (C=O) groups excluding carboxylic acids is 1. The van der Waals surface area contributed by atoms with Crippen molar-refractivity contribution in [2.45, 2.75) is 39.2 Å². The molecule has 6 nitrogen and oxygen atoms in total. The van der Waals surface area contributed by atoms with Crippen LogP contribution in [0.5, 0.6) is 0 Å². The third-order valence-corrected chi connectivity index (χ3v) is 5.73.